The van der Waals surface area contributed by atoms with E-state index in [1.54, 1.807) is 19.2 Å². The van der Waals surface area contributed by atoms with Crippen LogP contribution in [0, 0.1) is 0 Å². The van der Waals surface area contributed by atoms with Gasteiger partial charge in [0.25, 0.3) is 5.91 Å². The first-order valence-electron chi connectivity index (χ1n) is 10.2. The summed E-state index contributed by atoms with van der Waals surface area (Å²) in [4.78, 5) is 12.4. The van der Waals surface area contributed by atoms with Gasteiger partial charge in [-0.15, -0.1) is 0 Å². The number of sulfonamides is 1. The number of carbonyl (C=O) groups is 1. The van der Waals surface area contributed by atoms with Crippen LogP contribution >= 0.6 is 11.6 Å². The number of halogens is 1. The summed E-state index contributed by atoms with van der Waals surface area (Å²) in [5.41, 5.74) is 0.308. The molecule has 8 nitrogen and oxygen atoms in total. The molecule has 1 N–H and O–H groups in total. The fraction of sp³-hybridized carbons (Fsp3) is 0.261. The Bertz CT molecular complexity index is 1280. The molecule has 1 fully saturated rings. The fourth-order valence-corrected chi connectivity index (χ4v) is 5.38. The number of anilines is 1. The van der Waals surface area contributed by atoms with Crippen molar-refractivity contribution in [2.24, 2.45) is 0 Å². The van der Waals surface area contributed by atoms with Gasteiger partial charge in [0.1, 0.15) is 16.4 Å². The van der Waals surface area contributed by atoms with Gasteiger partial charge in [-0.1, -0.05) is 23.7 Å². The van der Waals surface area contributed by atoms with Crippen molar-refractivity contribution in [3.05, 3.63) is 59.6 Å². The van der Waals surface area contributed by atoms with Crippen LogP contribution in [0.15, 0.2) is 59.5 Å². The Hall–Kier alpha value is -2.85. The van der Waals surface area contributed by atoms with E-state index >= 15 is 0 Å². The highest BCUT2D eigenvalue weighted by Gasteiger charge is 2.28. The molecule has 174 valence electrons. The van der Waals surface area contributed by atoms with Crippen LogP contribution < -0.4 is 14.8 Å². The van der Waals surface area contributed by atoms with Gasteiger partial charge in [-0.05, 0) is 53.2 Å². The zero-order chi connectivity index (χ0) is 23.4. The van der Waals surface area contributed by atoms with Crippen LogP contribution in [0.2, 0.25) is 5.02 Å². The molecule has 1 amide bonds. The lowest BCUT2D eigenvalue weighted by atomic mass is 10.1. The molecule has 0 aliphatic carbocycles. The van der Waals surface area contributed by atoms with Crippen molar-refractivity contribution in [2.75, 3.05) is 45.3 Å². The van der Waals surface area contributed by atoms with Gasteiger partial charge in [-0.3, -0.25) is 4.79 Å². The van der Waals surface area contributed by atoms with Crippen LogP contribution in [0.25, 0.3) is 10.8 Å². The summed E-state index contributed by atoms with van der Waals surface area (Å²) in [6.07, 6.45) is 0. The average Bonchev–Trinajstić information content (AvgIpc) is 2.83. The number of ether oxygens (including phenoxy) is 3. The summed E-state index contributed by atoms with van der Waals surface area (Å²) in [7, 11) is -2.21. The van der Waals surface area contributed by atoms with Crippen molar-refractivity contribution in [3.63, 3.8) is 0 Å². The average molecular weight is 491 g/mol. The van der Waals surface area contributed by atoms with Crippen LogP contribution in [-0.2, 0) is 19.6 Å². The minimum absolute atomic E-state index is 0.0618. The minimum atomic E-state index is -3.80. The van der Waals surface area contributed by atoms with Gasteiger partial charge in [-0.25, -0.2) is 8.42 Å². The molecular formula is C23H23ClN2O6S. The lowest BCUT2D eigenvalue weighted by molar-refractivity contribution is -0.118. The topological polar surface area (TPSA) is 94.2 Å². The molecule has 33 heavy (non-hydrogen) atoms. The molecule has 0 atom stereocenters. The molecule has 0 radical (unpaired) electrons. The molecule has 0 saturated carbocycles. The van der Waals surface area contributed by atoms with E-state index in [4.69, 9.17) is 25.8 Å². The van der Waals surface area contributed by atoms with Crippen LogP contribution in [0.5, 0.6) is 11.5 Å². The van der Waals surface area contributed by atoms with Gasteiger partial charge in [-0.2, -0.15) is 4.31 Å². The zero-order valence-corrected chi connectivity index (χ0v) is 19.5. The van der Waals surface area contributed by atoms with E-state index < -0.39 is 15.9 Å². The molecule has 10 heteroatoms. The second kappa shape index (κ2) is 9.96. The standard InChI is InChI=1S/C23H23ClN2O6S/c1-30-19-5-2-16-3-6-20(13-17(16)12-19)32-15-23(27)25-18-4-7-21(24)22(14-18)33(28,29)26-8-10-31-11-9-26/h2-7,12-14H,8-11,15H2,1H3,(H,25,27). The fourth-order valence-electron chi connectivity index (χ4n) is 3.47. The van der Waals surface area contributed by atoms with Crippen molar-refractivity contribution in [2.45, 2.75) is 4.90 Å². The van der Waals surface area contributed by atoms with Gasteiger partial charge < -0.3 is 19.5 Å². The lowest BCUT2D eigenvalue weighted by Gasteiger charge is -2.26. The molecule has 1 aliphatic rings. The highest BCUT2D eigenvalue weighted by molar-refractivity contribution is 7.89. The molecule has 1 heterocycles. The minimum Gasteiger partial charge on any atom is -0.497 e. The van der Waals surface area contributed by atoms with Crippen LogP contribution in [0.1, 0.15) is 0 Å². The Kier molecular flexibility index (Phi) is 7.04. The van der Waals surface area contributed by atoms with Gasteiger partial charge in [0, 0.05) is 18.8 Å². The van der Waals surface area contributed by atoms with E-state index in [1.807, 2.05) is 30.3 Å². The van der Waals surface area contributed by atoms with E-state index in [0.717, 1.165) is 16.5 Å². The van der Waals surface area contributed by atoms with E-state index in [9.17, 15) is 13.2 Å². The molecule has 3 aromatic rings. The van der Waals surface area contributed by atoms with Gasteiger partial charge >= 0.3 is 0 Å². The van der Waals surface area contributed by atoms with E-state index in [-0.39, 0.29) is 29.6 Å². The number of fused-ring (bicyclic) bond motifs is 1. The summed E-state index contributed by atoms with van der Waals surface area (Å²) in [5, 5.41) is 4.68. The van der Waals surface area contributed by atoms with Crippen molar-refractivity contribution in [1.29, 1.82) is 0 Å². The first-order valence-corrected chi connectivity index (χ1v) is 12.1. The molecular weight excluding hydrogens is 468 g/mol. The number of hydrogen-bond donors (Lipinski definition) is 1. The lowest BCUT2D eigenvalue weighted by Crippen LogP contribution is -2.40. The van der Waals surface area contributed by atoms with Crippen molar-refractivity contribution >= 4 is 44.0 Å². The van der Waals surface area contributed by atoms with Crippen molar-refractivity contribution in [1.82, 2.24) is 4.31 Å². The normalized spacial score (nSPS) is 14.7. The second-order valence-electron chi connectivity index (χ2n) is 7.37. The predicted octanol–water partition coefficient (Wildman–Crippen LogP) is 3.54. The first kappa shape index (κ1) is 23.3. The Morgan fingerprint density at radius 1 is 1.03 bits per heavy atom. The summed E-state index contributed by atoms with van der Waals surface area (Å²) >= 11 is 6.16. The largest absolute Gasteiger partial charge is 0.497 e. The second-order valence-corrected chi connectivity index (χ2v) is 9.69. The maximum Gasteiger partial charge on any atom is 0.262 e. The molecule has 0 unspecified atom stereocenters. The highest BCUT2D eigenvalue weighted by atomic mass is 35.5. The quantitative estimate of drug-likeness (QED) is 0.544. The predicted molar refractivity (Wildman–Crippen MR) is 126 cm³/mol. The number of amides is 1. The smallest absolute Gasteiger partial charge is 0.262 e. The van der Waals surface area contributed by atoms with Crippen LogP contribution in [-0.4, -0.2) is 58.7 Å². The van der Waals surface area contributed by atoms with Gasteiger partial charge in [0.05, 0.1) is 25.3 Å². The van der Waals surface area contributed by atoms with E-state index in [2.05, 4.69) is 5.32 Å². The Morgan fingerprint density at radius 2 is 1.73 bits per heavy atom. The summed E-state index contributed by atoms with van der Waals surface area (Å²) in [6.45, 7) is 0.906. The number of morpholine rings is 1. The SMILES string of the molecule is COc1ccc2ccc(OCC(=O)Nc3ccc(Cl)c(S(=O)(=O)N4CCOCC4)c3)cc2c1. The third kappa shape index (κ3) is 5.39. The summed E-state index contributed by atoms with van der Waals surface area (Å²) < 4.78 is 43.3. The van der Waals surface area contributed by atoms with Crippen molar-refractivity contribution in [3.8, 4) is 11.5 Å². The zero-order valence-electron chi connectivity index (χ0n) is 17.9. The van der Waals surface area contributed by atoms with E-state index in [1.165, 1.54) is 16.4 Å². The molecule has 0 bridgehead atoms. The summed E-state index contributed by atoms with van der Waals surface area (Å²) in [6, 6.07) is 15.5. The molecule has 1 aliphatic heterocycles. The number of methoxy groups -OCH3 is 1. The number of benzene rings is 3. The Morgan fingerprint density at radius 3 is 2.45 bits per heavy atom. The Labute approximate surface area is 197 Å². The maximum absolute atomic E-state index is 12.9. The third-order valence-corrected chi connectivity index (χ3v) is 7.57. The molecule has 0 spiro atoms. The maximum atomic E-state index is 12.9. The third-order valence-electron chi connectivity index (χ3n) is 5.19. The number of rotatable bonds is 7. The number of hydrogen-bond acceptors (Lipinski definition) is 6. The van der Waals surface area contributed by atoms with Crippen molar-refractivity contribution < 1.29 is 27.4 Å². The monoisotopic (exact) mass is 490 g/mol. The van der Waals surface area contributed by atoms with Gasteiger partial charge in [0.15, 0.2) is 6.61 Å². The van der Waals surface area contributed by atoms with Crippen LogP contribution in [0.3, 0.4) is 0 Å². The molecule has 3 aromatic carbocycles. The Balaban J connectivity index is 1.43. The molecule has 0 aromatic heterocycles. The number of nitrogens with zero attached hydrogens (tertiary/aromatic N) is 1. The van der Waals surface area contributed by atoms with E-state index in [0.29, 0.717) is 24.7 Å². The number of nitrogens with one attached hydrogen (secondary N) is 1. The highest BCUT2D eigenvalue weighted by Crippen LogP contribution is 2.29. The van der Waals surface area contributed by atoms with Gasteiger partial charge in [0.2, 0.25) is 10.0 Å². The number of carbonyl (C=O) groups excluding carboxylic acids is 1. The summed E-state index contributed by atoms with van der Waals surface area (Å²) in [5.74, 6) is 0.818. The van der Waals surface area contributed by atoms with Crippen LogP contribution in [0.4, 0.5) is 5.69 Å². The molecule has 1 saturated heterocycles. The molecule has 4 rings (SSSR count). The first-order chi connectivity index (χ1) is 15.9.